The van der Waals surface area contributed by atoms with Crippen LogP contribution in [0.4, 0.5) is 17.1 Å². The lowest BCUT2D eigenvalue weighted by Gasteiger charge is -2.28. The Morgan fingerprint density at radius 1 is 0.389 bits per heavy atom. The van der Waals surface area contributed by atoms with Gasteiger partial charge in [0.05, 0.1) is 11.1 Å². The van der Waals surface area contributed by atoms with Gasteiger partial charge < -0.3 is 14.4 Å². The van der Waals surface area contributed by atoms with E-state index < -0.39 is 0 Å². The second-order valence-electron chi connectivity index (χ2n) is 14.9. The van der Waals surface area contributed by atoms with Crippen LogP contribution in [0.25, 0.3) is 54.6 Å². The number of fused-ring (bicyclic) bond motifs is 7. The van der Waals surface area contributed by atoms with E-state index >= 15 is 0 Å². The first-order valence-electron chi connectivity index (χ1n) is 18.6. The lowest BCUT2D eigenvalue weighted by Crippen LogP contribution is -2.16. The molecule has 9 aromatic carbocycles. The van der Waals surface area contributed by atoms with Crippen molar-refractivity contribution in [3.8, 4) is 45.3 Å². The van der Waals surface area contributed by atoms with Crippen molar-refractivity contribution in [2.75, 3.05) is 4.90 Å². The van der Waals surface area contributed by atoms with Gasteiger partial charge in [-0.15, -0.1) is 0 Å². The van der Waals surface area contributed by atoms with Gasteiger partial charge in [-0.25, -0.2) is 0 Å². The molecule has 0 fully saturated rings. The summed E-state index contributed by atoms with van der Waals surface area (Å²) in [5.41, 5.74) is 10.7. The molecular formula is C51H35NO2. The Morgan fingerprint density at radius 2 is 1.00 bits per heavy atom. The standard InChI is InChI=1S/C51H35NO2/c1-51(2)44-18-8-7-17-41(44)42-27-25-36(30-45(42)51)52(37-26-28-46-49(31-37)54-48-20-10-13-33-12-9-19-47(53-46)50(33)48)35-23-21-32(22-24-35)43-29-34-11-3-4-14-38(34)39-15-5-6-16-40(39)43/h3-31H,1-2H3. The molecule has 11 rings (SSSR count). The average Bonchev–Trinajstić information content (AvgIpc) is 3.32. The van der Waals surface area contributed by atoms with E-state index in [4.69, 9.17) is 9.47 Å². The molecule has 1 aliphatic carbocycles. The normalized spacial score (nSPS) is 13.4. The van der Waals surface area contributed by atoms with Crippen LogP contribution in [0.3, 0.4) is 0 Å². The predicted molar refractivity (Wildman–Crippen MR) is 223 cm³/mol. The van der Waals surface area contributed by atoms with Crippen LogP contribution >= 0.6 is 0 Å². The van der Waals surface area contributed by atoms with Crippen LogP contribution in [0, 0.1) is 0 Å². The van der Waals surface area contributed by atoms with Crippen LogP contribution in [-0.2, 0) is 5.41 Å². The first-order valence-corrected chi connectivity index (χ1v) is 18.6. The summed E-state index contributed by atoms with van der Waals surface area (Å²) in [6, 6.07) is 63.0. The molecule has 2 aliphatic rings. The highest BCUT2D eigenvalue weighted by Gasteiger charge is 2.36. The van der Waals surface area contributed by atoms with Gasteiger partial charge in [0, 0.05) is 22.9 Å². The Bertz CT molecular complexity index is 2970. The quantitative estimate of drug-likeness (QED) is 0.171. The highest BCUT2D eigenvalue weighted by Crippen LogP contribution is 2.52. The lowest BCUT2D eigenvalue weighted by atomic mass is 9.82. The van der Waals surface area contributed by atoms with Crippen molar-refractivity contribution in [2.45, 2.75) is 19.3 Å². The summed E-state index contributed by atoms with van der Waals surface area (Å²) in [5, 5.41) is 7.09. The average molecular weight is 694 g/mol. The van der Waals surface area contributed by atoms with E-state index in [0.29, 0.717) is 11.5 Å². The third-order valence-corrected chi connectivity index (χ3v) is 11.5. The van der Waals surface area contributed by atoms with Crippen molar-refractivity contribution in [3.05, 3.63) is 187 Å². The molecule has 3 heteroatoms. The maximum absolute atomic E-state index is 6.69. The second kappa shape index (κ2) is 11.6. The Balaban J connectivity index is 1.07. The zero-order valence-corrected chi connectivity index (χ0v) is 30.0. The van der Waals surface area contributed by atoms with Gasteiger partial charge in [0.25, 0.3) is 0 Å². The molecule has 0 spiro atoms. The molecule has 3 nitrogen and oxygen atoms in total. The van der Waals surface area contributed by atoms with Gasteiger partial charge in [0.15, 0.2) is 11.5 Å². The molecule has 0 radical (unpaired) electrons. The third kappa shape index (κ3) is 4.61. The van der Waals surface area contributed by atoms with Crippen molar-refractivity contribution in [2.24, 2.45) is 0 Å². The number of anilines is 3. The number of nitrogens with zero attached hydrogens (tertiary/aromatic N) is 1. The summed E-state index contributed by atoms with van der Waals surface area (Å²) in [7, 11) is 0. The largest absolute Gasteiger partial charge is 0.453 e. The number of benzene rings is 9. The van der Waals surface area contributed by atoms with Gasteiger partial charge in [-0.2, -0.15) is 0 Å². The van der Waals surface area contributed by atoms with E-state index in [1.165, 1.54) is 54.9 Å². The van der Waals surface area contributed by atoms with E-state index in [9.17, 15) is 0 Å². The highest BCUT2D eigenvalue weighted by molar-refractivity contribution is 6.13. The lowest BCUT2D eigenvalue weighted by molar-refractivity contribution is 0.439. The molecule has 54 heavy (non-hydrogen) atoms. The van der Waals surface area contributed by atoms with Gasteiger partial charge in [0.2, 0.25) is 0 Å². The van der Waals surface area contributed by atoms with Crippen LogP contribution < -0.4 is 14.4 Å². The SMILES string of the molecule is CC1(C)c2ccccc2-c2ccc(N(c3ccc(-c4cc5ccccc5c5ccccc45)cc3)c3ccc4c(c3)Oc3cccc5cccc(c35)O4)cc21. The summed E-state index contributed by atoms with van der Waals surface area (Å²) < 4.78 is 13.2. The predicted octanol–water partition coefficient (Wildman–Crippen LogP) is 14.5. The monoisotopic (exact) mass is 693 g/mol. The molecular weight excluding hydrogens is 659 g/mol. The van der Waals surface area contributed by atoms with E-state index in [1.54, 1.807) is 0 Å². The molecule has 0 atom stereocenters. The van der Waals surface area contributed by atoms with Crippen molar-refractivity contribution in [3.63, 3.8) is 0 Å². The fourth-order valence-corrected chi connectivity index (χ4v) is 8.84. The molecule has 1 heterocycles. The molecule has 9 aromatic rings. The van der Waals surface area contributed by atoms with Gasteiger partial charge in [-0.05, 0) is 115 Å². The number of ether oxygens (including phenoxy) is 2. The van der Waals surface area contributed by atoms with Gasteiger partial charge in [0.1, 0.15) is 11.5 Å². The van der Waals surface area contributed by atoms with Crippen molar-refractivity contribution >= 4 is 49.4 Å². The van der Waals surface area contributed by atoms with E-state index in [0.717, 1.165) is 39.3 Å². The van der Waals surface area contributed by atoms with E-state index in [1.807, 2.05) is 30.3 Å². The van der Waals surface area contributed by atoms with Crippen LogP contribution in [0.2, 0.25) is 0 Å². The Morgan fingerprint density at radius 3 is 1.81 bits per heavy atom. The Kier molecular flexibility index (Phi) is 6.60. The summed E-state index contributed by atoms with van der Waals surface area (Å²) in [6.07, 6.45) is 0. The molecule has 0 N–H and O–H groups in total. The maximum Gasteiger partial charge on any atom is 0.172 e. The molecule has 0 saturated heterocycles. The number of hydrogen-bond donors (Lipinski definition) is 0. The number of hydrogen-bond acceptors (Lipinski definition) is 3. The number of rotatable bonds is 4. The van der Waals surface area contributed by atoms with Crippen LogP contribution in [0.1, 0.15) is 25.0 Å². The Labute approximate surface area is 314 Å². The highest BCUT2D eigenvalue weighted by atomic mass is 16.5. The fourth-order valence-electron chi connectivity index (χ4n) is 8.84. The first kappa shape index (κ1) is 30.8. The molecule has 1 aliphatic heterocycles. The summed E-state index contributed by atoms with van der Waals surface area (Å²) in [5.74, 6) is 2.94. The summed E-state index contributed by atoms with van der Waals surface area (Å²) in [6.45, 7) is 4.67. The van der Waals surface area contributed by atoms with E-state index in [2.05, 4.69) is 164 Å². The summed E-state index contributed by atoms with van der Waals surface area (Å²) >= 11 is 0. The van der Waals surface area contributed by atoms with Crippen molar-refractivity contribution in [1.82, 2.24) is 0 Å². The molecule has 0 bridgehead atoms. The molecule has 0 amide bonds. The van der Waals surface area contributed by atoms with Gasteiger partial charge in [-0.3, -0.25) is 0 Å². The van der Waals surface area contributed by atoms with Crippen LogP contribution in [-0.4, -0.2) is 0 Å². The minimum absolute atomic E-state index is 0.135. The Hall–Kier alpha value is -6.84. The van der Waals surface area contributed by atoms with Gasteiger partial charge in [-0.1, -0.05) is 129 Å². The maximum atomic E-state index is 6.69. The van der Waals surface area contributed by atoms with Gasteiger partial charge >= 0.3 is 0 Å². The topological polar surface area (TPSA) is 21.7 Å². The van der Waals surface area contributed by atoms with E-state index in [-0.39, 0.29) is 5.41 Å². The first-order chi connectivity index (χ1) is 26.5. The third-order valence-electron chi connectivity index (χ3n) is 11.5. The molecule has 0 unspecified atom stereocenters. The zero-order chi connectivity index (χ0) is 36.0. The minimum atomic E-state index is -0.135. The zero-order valence-electron chi connectivity index (χ0n) is 30.0. The van der Waals surface area contributed by atoms with Crippen LogP contribution in [0.5, 0.6) is 23.0 Å². The van der Waals surface area contributed by atoms with Crippen molar-refractivity contribution in [1.29, 1.82) is 0 Å². The fraction of sp³-hybridized carbons (Fsp3) is 0.0588. The molecule has 0 aromatic heterocycles. The summed E-state index contributed by atoms with van der Waals surface area (Å²) in [4.78, 5) is 2.34. The molecule has 0 saturated carbocycles. The smallest absolute Gasteiger partial charge is 0.172 e. The minimum Gasteiger partial charge on any atom is -0.453 e. The second-order valence-corrected chi connectivity index (χ2v) is 14.9. The van der Waals surface area contributed by atoms with Crippen LogP contribution in [0.15, 0.2) is 176 Å². The van der Waals surface area contributed by atoms with Crippen molar-refractivity contribution < 1.29 is 9.47 Å². The molecule has 256 valence electrons.